The predicted octanol–water partition coefficient (Wildman–Crippen LogP) is 4.53. The molecule has 4 atom stereocenters. The van der Waals surface area contributed by atoms with Crippen LogP contribution in [-0.2, 0) is 24.8 Å². The number of carbonyl (C=O) groups is 1. The molecule has 1 heterocycles. The van der Waals surface area contributed by atoms with Gasteiger partial charge in [0.15, 0.2) is 16.4 Å². The van der Waals surface area contributed by atoms with Crippen LogP contribution in [0.25, 0.3) is 0 Å². The van der Waals surface area contributed by atoms with Crippen LogP contribution in [0.1, 0.15) is 65.4 Å². The summed E-state index contributed by atoms with van der Waals surface area (Å²) in [5.74, 6) is 0.977. The molecule has 0 radical (unpaired) electrons. The second kappa shape index (κ2) is 7.64. The Kier molecular flexibility index (Phi) is 5.59. The second-order valence-corrected chi connectivity index (χ2v) is 13.1. The van der Waals surface area contributed by atoms with E-state index in [2.05, 4.69) is 32.4 Å². The highest BCUT2D eigenvalue weighted by molar-refractivity contribution is 7.91. The van der Waals surface area contributed by atoms with Gasteiger partial charge in [0.05, 0.1) is 24.9 Å². The number of carbonyl (C=O) groups excluding carboxylic acids is 1. The number of esters is 1. The zero-order valence-electron chi connectivity index (χ0n) is 20.1. The molecule has 7 heteroatoms. The Hall–Kier alpha value is -1.76. The van der Waals surface area contributed by atoms with Gasteiger partial charge in [-0.1, -0.05) is 34.1 Å². The maximum Gasteiger partial charge on any atom is 0.343 e. The summed E-state index contributed by atoms with van der Waals surface area (Å²) in [6.07, 6.45) is 5.42. The van der Waals surface area contributed by atoms with Gasteiger partial charge in [-0.2, -0.15) is 0 Å². The average molecular weight is 465 g/mol. The molecule has 0 saturated heterocycles. The van der Waals surface area contributed by atoms with Crippen molar-refractivity contribution in [1.29, 1.82) is 0 Å². The molecule has 0 aromatic heterocycles. The van der Waals surface area contributed by atoms with E-state index in [0.29, 0.717) is 17.4 Å². The van der Waals surface area contributed by atoms with E-state index in [1.54, 1.807) is 19.2 Å². The van der Waals surface area contributed by atoms with Crippen molar-refractivity contribution in [2.75, 3.05) is 26.6 Å². The average Bonchev–Trinajstić information content (AvgIpc) is 2.72. The summed E-state index contributed by atoms with van der Waals surface area (Å²) in [6, 6.07) is 3.28. The van der Waals surface area contributed by atoms with Gasteiger partial charge in [0.25, 0.3) is 0 Å². The number of sulfone groups is 1. The zero-order chi connectivity index (χ0) is 23.5. The van der Waals surface area contributed by atoms with Crippen LogP contribution in [-0.4, -0.2) is 41.0 Å². The van der Waals surface area contributed by atoms with Crippen LogP contribution < -0.4 is 9.47 Å². The van der Waals surface area contributed by atoms with Crippen LogP contribution in [0.3, 0.4) is 0 Å². The number of hydrogen-bond donors (Lipinski definition) is 0. The van der Waals surface area contributed by atoms with Crippen molar-refractivity contribution in [3.63, 3.8) is 0 Å². The third kappa shape index (κ3) is 3.42. The molecule has 1 aromatic carbocycles. The van der Waals surface area contributed by atoms with Gasteiger partial charge >= 0.3 is 5.97 Å². The van der Waals surface area contributed by atoms with Crippen LogP contribution in [0.2, 0.25) is 0 Å². The van der Waals surface area contributed by atoms with Crippen LogP contribution in [0.5, 0.6) is 11.5 Å². The highest BCUT2D eigenvalue weighted by Gasteiger charge is 2.62. The smallest absolute Gasteiger partial charge is 0.343 e. The van der Waals surface area contributed by atoms with E-state index >= 15 is 0 Å². The number of rotatable bonds is 4. The van der Waals surface area contributed by atoms with Gasteiger partial charge < -0.3 is 14.2 Å². The fourth-order valence-electron chi connectivity index (χ4n) is 7.45. The Bertz CT molecular complexity index is 1030. The van der Waals surface area contributed by atoms with Gasteiger partial charge in [-0.15, -0.1) is 0 Å². The highest BCUT2D eigenvalue weighted by Crippen LogP contribution is 2.67. The maximum absolute atomic E-state index is 13.7. The van der Waals surface area contributed by atoms with Crippen molar-refractivity contribution in [3.8, 4) is 11.5 Å². The minimum absolute atomic E-state index is 0.0292. The first-order valence-corrected chi connectivity index (χ1v) is 13.2. The quantitative estimate of drug-likeness (QED) is 0.609. The Labute approximate surface area is 191 Å². The Balaban J connectivity index is 1.84. The SMILES string of the molecule is COC(=O)COc1cc(OC)c2c(c1)S(=O)(=O)CC1C2(C)CCC2C(C)(C)CCCC21C. The standard InChI is InChI=1S/C25H36O6S/c1-23(2)9-7-10-24(3)19(23)8-11-25(4)20(24)15-32(27,28)18-13-16(31-14-21(26)30-6)12-17(29-5)22(18)25/h12-13,19-20H,7-11,14-15H2,1-6H3. The number of fused-ring (bicyclic) bond motifs is 5. The van der Waals surface area contributed by atoms with Crippen LogP contribution >= 0.6 is 0 Å². The summed E-state index contributed by atoms with van der Waals surface area (Å²) in [5.41, 5.74) is 0.661. The van der Waals surface area contributed by atoms with Crippen molar-refractivity contribution >= 4 is 15.8 Å². The third-order valence-electron chi connectivity index (χ3n) is 8.93. The van der Waals surface area contributed by atoms with Crippen LogP contribution in [0.4, 0.5) is 0 Å². The molecule has 4 unspecified atom stereocenters. The monoisotopic (exact) mass is 464 g/mol. The molecule has 0 amide bonds. The Morgan fingerprint density at radius 3 is 2.44 bits per heavy atom. The highest BCUT2D eigenvalue weighted by atomic mass is 32.2. The van der Waals surface area contributed by atoms with E-state index < -0.39 is 15.8 Å². The van der Waals surface area contributed by atoms with Gasteiger partial charge in [-0.3, -0.25) is 0 Å². The topological polar surface area (TPSA) is 78.9 Å². The predicted molar refractivity (Wildman–Crippen MR) is 122 cm³/mol. The van der Waals surface area contributed by atoms with Crippen molar-refractivity contribution < 1.29 is 27.4 Å². The lowest BCUT2D eigenvalue weighted by molar-refractivity contribution is -0.142. The molecule has 3 aliphatic rings. The van der Waals surface area contributed by atoms with Crippen molar-refractivity contribution in [2.24, 2.45) is 22.7 Å². The van der Waals surface area contributed by atoms with Crippen molar-refractivity contribution in [3.05, 3.63) is 17.7 Å². The van der Waals surface area contributed by atoms with Crippen molar-refractivity contribution in [2.45, 2.75) is 70.1 Å². The van der Waals surface area contributed by atoms with E-state index in [9.17, 15) is 13.2 Å². The normalized spacial score (nSPS) is 34.4. The van der Waals surface area contributed by atoms with E-state index in [1.165, 1.54) is 13.5 Å². The summed E-state index contributed by atoms with van der Waals surface area (Å²) >= 11 is 0. The molecule has 178 valence electrons. The molecule has 32 heavy (non-hydrogen) atoms. The summed E-state index contributed by atoms with van der Waals surface area (Å²) in [4.78, 5) is 11.8. The first kappa shape index (κ1) is 23.4. The fraction of sp³-hybridized carbons (Fsp3) is 0.720. The summed E-state index contributed by atoms with van der Waals surface area (Å²) in [6.45, 7) is 8.99. The number of hydrogen-bond acceptors (Lipinski definition) is 6. The minimum atomic E-state index is -3.55. The molecule has 6 nitrogen and oxygen atoms in total. The lowest BCUT2D eigenvalue weighted by Crippen LogP contribution is -2.59. The summed E-state index contributed by atoms with van der Waals surface area (Å²) in [7, 11) is -0.700. The number of methoxy groups -OCH3 is 2. The Morgan fingerprint density at radius 1 is 1.06 bits per heavy atom. The summed E-state index contributed by atoms with van der Waals surface area (Å²) in [5, 5.41) is 0. The van der Waals surface area contributed by atoms with E-state index in [-0.39, 0.29) is 39.4 Å². The van der Waals surface area contributed by atoms with Gasteiger partial charge in [-0.05, 0) is 54.4 Å². The largest absolute Gasteiger partial charge is 0.496 e. The first-order valence-electron chi connectivity index (χ1n) is 11.5. The molecule has 1 aliphatic heterocycles. The van der Waals surface area contributed by atoms with E-state index in [1.807, 2.05) is 0 Å². The van der Waals surface area contributed by atoms with Gasteiger partial charge in [0, 0.05) is 17.0 Å². The molecule has 2 saturated carbocycles. The fourth-order valence-corrected chi connectivity index (χ4v) is 9.76. The van der Waals surface area contributed by atoms with Gasteiger partial charge in [-0.25, -0.2) is 13.2 Å². The van der Waals surface area contributed by atoms with Gasteiger partial charge in [0.2, 0.25) is 0 Å². The summed E-state index contributed by atoms with van der Waals surface area (Å²) < 4.78 is 43.2. The minimum Gasteiger partial charge on any atom is -0.496 e. The second-order valence-electron chi connectivity index (χ2n) is 11.1. The third-order valence-corrected chi connectivity index (χ3v) is 10.7. The zero-order valence-corrected chi connectivity index (χ0v) is 20.9. The molecule has 4 rings (SSSR count). The number of ether oxygens (including phenoxy) is 3. The lowest BCUT2D eigenvalue weighted by atomic mass is 9.43. The van der Waals surface area contributed by atoms with Gasteiger partial charge in [0.1, 0.15) is 11.5 Å². The molecule has 2 aliphatic carbocycles. The van der Waals surface area contributed by atoms with Crippen molar-refractivity contribution in [1.82, 2.24) is 0 Å². The first-order chi connectivity index (χ1) is 14.9. The molecular formula is C25H36O6S. The molecule has 0 spiro atoms. The van der Waals surface area contributed by atoms with Crippen LogP contribution in [0.15, 0.2) is 17.0 Å². The maximum atomic E-state index is 13.7. The van der Waals surface area contributed by atoms with E-state index in [0.717, 1.165) is 31.2 Å². The van der Waals surface area contributed by atoms with Crippen LogP contribution in [0, 0.1) is 22.7 Å². The van der Waals surface area contributed by atoms with E-state index in [4.69, 9.17) is 9.47 Å². The molecule has 1 aromatic rings. The molecule has 0 N–H and O–H groups in total. The number of benzene rings is 1. The molecule has 0 bridgehead atoms. The molecule has 2 fully saturated rings. The Morgan fingerprint density at radius 2 is 1.78 bits per heavy atom. The molecular weight excluding hydrogens is 428 g/mol. The lowest BCUT2D eigenvalue weighted by Gasteiger charge is -2.63.